The van der Waals surface area contributed by atoms with E-state index in [2.05, 4.69) is 16.0 Å². The molecule has 0 radical (unpaired) electrons. The molecule has 2 rings (SSSR count). The van der Waals surface area contributed by atoms with Gasteiger partial charge in [-0.1, -0.05) is 6.07 Å². The molecular formula is C11H17N3. The van der Waals surface area contributed by atoms with E-state index >= 15 is 0 Å². The third-order valence-electron chi connectivity index (χ3n) is 2.83. The van der Waals surface area contributed by atoms with Crippen molar-refractivity contribution in [2.45, 2.75) is 25.3 Å². The normalized spacial score (nSPS) is 16.4. The minimum absolute atomic E-state index is 0.674. The maximum Gasteiger partial charge on any atom is 0.128 e. The maximum absolute atomic E-state index is 5.61. The Morgan fingerprint density at radius 3 is 2.79 bits per heavy atom. The van der Waals surface area contributed by atoms with E-state index in [4.69, 9.17) is 5.73 Å². The summed E-state index contributed by atoms with van der Waals surface area (Å²) >= 11 is 0. The lowest BCUT2D eigenvalue weighted by atomic mass is 9.91. The third kappa shape index (κ3) is 1.87. The van der Waals surface area contributed by atoms with E-state index in [0.717, 1.165) is 12.4 Å². The molecule has 0 saturated heterocycles. The van der Waals surface area contributed by atoms with Crippen molar-refractivity contribution < 1.29 is 0 Å². The van der Waals surface area contributed by atoms with Gasteiger partial charge < -0.3 is 10.6 Å². The minimum Gasteiger partial charge on any atom is -0.352 e. The fourth-order valence-electron chi connectivity index (χ4n) is 1.85. The molecule has 2 N–H and O–H groups in total. The second kappa shape index (κ2) is 4.42. The van der Waals surface area contributed by atoms with E-state index in [1.54, 1.807) is 0 Å². The zero-order chi connectivity index (χ0) is 9.80. The maximum atomic E-state index is 5.61. The first-order valence-corrected chi connectivity index (χ1v) is 5.29. The quantitative estimate of drug-likeness (QED) is 0.782. The molecule has 1 aromatic rings. The zero-order valence-electron chi connectivity index (χ0n) is 8.39. The smallest absolute Gasteiger partial charge is 0.128 e. The highest BCUT2D eigenvalue weighted by molar-refractivity contribution is 5.39. The Balaban J connectivity index is 2.09. The molecule has 1 heterocycles. The summed E-state index contributed by atoms with van der Waals surface area (Å²) in [5.41, 5.74) is 5.61. The number of rotatable bonds is 4. The molecule has 0 atom stereocenters. The summed E-state index contributed by atoms with van der Waals surface area (Å²) < 4.78 is 0. The van der Waals surface area contributed by atoms with Crippen molar-refractivity contribution in [2.24, 2.45) is 5.73 Å². The van der Waals surface area contributed by atoms with E-state index < -0.39 is 0 Å². The fourth-order valence-corrected chi connectivity index (χ4v) is 1.85. The van der Waals surface area contributed by atoms with Gasteiger partial charge in [-0.2, -0.15) is 0 Å². The van der Waals surface area contributed by atoms with Crippen molar-refractivity contribution in [3.8, 4) is 0 Å². The van der Waals surface area contributed by atoms with Crippen LogP contribution in [0.3, 0.4) is 0 Å². The first-order valence-electron chi connectivity index (χ1n) is 5.29. The Bertz CT molecular complexity index is 269. The van der Waals surface area contributed by atoms with Crippen LogP contribution in [-0.4, -0.2) is 24.1 Å². The molecule has 0 unspecified atom stereocenters. The van der Waals surface area contributed by atoms with Crippen LogP contribution in [0, 0.1) is 0 Å². The highest BCUT2D eigenvalue weighted by atomic mass is 15.2. The van der Waals surface area contributed by atoms with Crippen LogP contribution in [0.4, 0.5) is 5.82 Å². The van der Waals surface area contributed by atoms with Crippen LogP contribution in [-0.2, 0) is 0 Å². The zero-order valence-corrected chi connectivity index (χ0v) is 8.39. The highest BCUT2D eigenvalue weighted by Crippen LogP contribution is 2.27. The Labute approximate surface area is 84.9 Å². The van der Waals surface area contributed by atoms with Gasteiger partial charge in [0.05, 0.1) is 0 Å². The average Bonchev–Trinajstić information content (AvgIpc) is 2.16. The summed E-state index contributed by atoms with van der Waals surface area (Å²) in [7, 11) is 0. The lowest BCUT2D eigenvalue weighted by molar-refractivity contribution is 0.386. The molecule has 1 aliphatic carbocycles. The molecular weight excluding hydrogens is 174 g/mol. The highest BCUT2D eigenvalue weighted by Gasteiger charge is 2.24. The van der Waals surface area contributed by atoms with E-state index in [1.165, 1.54) is 19.3 Å². The van der Waals surface area contributed by atoms with Gasteiger partial charge >= 0.3 is 0 Å². The van der Waals surface area contributed by atoms with Gasteiger partial charge in [0.1, 0.15) is 5.82 Å². The molecule has 14 heavy (non-hydrogen) atoms. The first kappa shape index (κ1) is 9.46. The van der Waals surface area contributed by atoms with Crippen molar-refractivity contribution in [2.75, 3.05) is 18.0 Å². The van der Waals surface area contributed by atoms with E-state index in [-0.39, 0.29) is 0 Å². The van der Waals surface area contributed by atoms with Crippen LogP contribution in [0.5, 0.6) is 0 Å². The topological polar surface area (TPSA) is 42.1 Å². The average molecular weight is 191 g/mol. The summed E-state index contributed by atoms with van der Waals surface area (Å²) in [5.74, 6) is 1.07. The van der Waals surface area contributed by atoms with Crippen LogP contribution in [0.1, 0.15) is 19.3 Å². The summed E-state index contributed by atoms with van der Waals surface area (Å²) in [5, 5.41) is 0. The monoisotopic (exact) mass is 191 g/mol. The molecule has 0 amide bonds. The van der Waals surface area contributed by atoms with Crippen molar-refractivity contribution in [1.29, 1.82) is 0 Å². The predicted molar refractivity (Wildman–Crippen MR) is 58.3 cm³/mol. The lowest BCUT2D eigenvalue weighted by Gasteiger charge is -2.38. The van der Waals surface area contributed by atoms with Crippen molar-refractivity contribution in [1.82, 2.24) is 4.98 Å². The summed E-state index contributed by atoms with van der Waals surface area (Å²) in [6.45, 7) is 1.62. The number of aromatic nitrogens is 1. The number of hydrogen-bond acceptors (Lipinski definition) is 3. The van der Waals surface area contributed by atoms with E-state index in [1.807, 2.05) is 18.3 Å². The Kier molecular flexibility index (Phi) is 2.99. The molecule has 0 bridgehead atoms. The summed E-state index contributed by atoms with van der Waals surface area (Å²) in [4.78, 5) is 6.71. The second-order valence-corrected chi connectivity index (χ2v) is 3.75. The van der Waals surface area contributed by atoms with Crippen LogP contribution in [0.15, 0.2) is 24.4 Å². The molecule has 1 aliphatic rings. The lowest BCUT2D eigenvalue weighted by Crippen LogP contribution is -2.43. The van der Waals surface area contributed by atoms with Crippen LogP contribution in [0.25, 0.3) is 0 Å². The third-order valence-corrected chi connectivity index (χ3v) is 2.83. The van der Waals surface area contributed by atoms with Crippen molar-refractivity contribution >= 4 is 5.82 Å². The fraction of sp³-hybridized carbons (Fsp3) is 0.545. The van der Waals surface area contributed by atoms with Crippen LogP contribution >= 0.6 is 0 Å². The molecule has 1 saturated carbocycles. The van der Waals surface area contributed by atoms with Gasteiger partial charge in [0, 0.05) is 25.3 Å². The molecule has 1 aromatic heterocycles. The van der Waals surface area contributed by atoms with Crippen molar-refractivity contribution in [3.63, 3.8) is 0 Å². The Morgan fingerprint density at radius 1 is 1.43 bits per heavy atom. The molecule has 3 heteroatoms. The molecule has 0 aliphatic heterocycles. The summed E-state index contributed by atoms with van der Waals surface area (Å²) in [6.07, 6.45) is 5.77. The van der Waals surface area contributed by atoms with Gasteiger partial charge in [-0.3, -0.25) is 0 Å². The van der Waals surface area contributed by atoms with E-state index in [0.29, 0.717) is 12.6 Å². The number of pyridine rings is 1. The largest absolute Gasteiger partial charge is 0.352 e. The Morgan fingerprint density at radius 2 is 2.29 bits per heavy atom. The standard InChI is InChI=1S/C11H17N3/c12-7-9-14(10-4-3-5-10)11-6-1-2-8-13-11/h1-2,6,8,10H,3-5,7,9,12H2. The van der Waals surface area contributed by atoms with Gasteiger partial charge in [-0.25, -0.2) is 4.98 Å². The molecule has 0 spiro atoms. The van der Waals surface area contributed by atoms with Gasteiger partial charge in [0.15, 0.2) is 0 Å². The first-order chi connectivity index (χ1) is 6.92. The second-order valence-electron chi connectivity index (χ2n) is 3.75. The number of hydrogen-bond donors (Lipinski definition) is 1. The van der Waals surface area contributed by atoms with Crippen LogP contribution in [0.2, 0.25) is 0 Å². The van der Waals surface area contributed by atoms with Gasteiger partial charge in [-0.15, -0.1) is 0 Å². The SMILES string of the molecule is NCCN(c1ccccn1)C1CCC1. The van der Waals surface area contributed by atoms with Gasteiger partial charge in [0.25, 0.3) is 0 Å². The molecule has 1 fully saturated rings. The predicted octanol–water partition coefficient (Wildman–Crippen LogP) is 1.40. The number of nitrogens with two attached hydrogens (primary N) is 1. The Hall–Kier alpha value is -1.09. The van der Waals surface area contributed by atoms with E-state index in [9.17, 15) is 0 Å². The molecule has 76 valence electrons. The van der Waals surface area contributed by atoms with Gasteiger partial charge in [0.2, 0.25) is 0 Å². The molecule has 0 aromatic carbocycles. The van der Waals surface area contributed by atoms with Crippen LogP contribution < -0.4 is 10.6 Å². The van der Waals surface area contributed by atoms with Gasteiger partial charge in [-0.05, 0) is 31.4 Å². The number of nitrogens with zero attached hydrogens (tertiary/aromatic N) is 2. The number of anilines is 1. The minimum atomic E-state index is 0.674. The summed E-state index contributed by atoms with van der Waals surface area (Å²) in [6, 6.07) is 6.72. The molecule has 3 nitrogen and oxygen atoms in total. The van der Waals surface area contributed by atoms with Crippen molar-refractivity contribution in [3.05, 3.63) is 24.4 Å².